The lowest BCUT2D eigenvalue weighted by molar-refractivity contribution is 0.367. The van der Waals surface area contributed by atoms with Crippen LogP contribution in [0.3, 0.4) is 0 Å². The average Bonchev–Trinajstić information content (AvgIpc) is 2.43. The van der Waals surface area contributed by atoms with Crippen LogP contribution in [-0.2, 0) is 6.54 Å². The highest BCUT2D eigenvalue weighted by Crippen LogP contribution is 2.18. The van der Waals surface area contributed by atoms with Gasteiger partial charge < -0.3 is 10.2 Å². The molecule has 21 heavy (non-hydrogen) atoms. The highest BCUT2D eigenvalue weighted by Gasteiger charge is 2.11. The Morgan fingerprint density at radius 1 is 1.43 bits per heavy atom. The lowest BCUT2D eigenvalue weighted by Crippen LogP contribution is -2.30. The molecule has 0 spiro atoms. The maximum atomic E-state index is 12.2. The van der Waals surface area contributed by atoms with Gasteiger partial charge in [0.2, 0.25) is 0 Å². The van der Waals surface area contributed by atoms with E-state index in [4.69, 9.17) is 0 Å². The van der Waals surface area contributed by atoms with Crippen molar-refractivity contribution in [3.05, 3.63) is 21.0 Å². The van der Waals surface area contributed by atoms with Crippen molar-refractivity contribution in [2.75, 3.05) is 26.0 Å². The van der Waals surface area contributed by atoms with Crippen molar-refractivity contribution in [3.63, 3.8) is 0 Å². The van der Waals surface area contributed by atoms with Crippen LogP contribution in [0.15, 0.2) is 15.5 Å². The van der Waals surface area contributed by atoms with E-state index in [1.54, 1.807) is 6.20 Å². The Kier molecular flexibility index (Phi) is 7.96. The summed E-state index contributed by atoms with van der Waals surface area (Å²) in [5.74, 6) is 0. The van der Waals surface area contributed by atoms with E-state index in [2.05, 4.69) is 40.2 Å². The van der Waals surface area contributed by atoms with E-state index in [9.17, 15) is 4.79 Å². The van der Waals surface area contributed by atoms with Crippen LogP contribution in [0.4, 0.5) is 5.69 Å². The van der Waals surface area contributed by atoms with Crippen LogP contribution in [-0.4, -0.2) is 41.4 Å². The molecule has 1 rings (SSSR count). The van der Waals surface area contributed by atoms with Crippen molar-refractivity contribution < 1.29 is 0 Å². The molecule has 1 atom stereocenters. The van der Waals surface area contributed by atoms with Gasteiger partial charge in [0.15, 0.2) is 0 Å². The first-order valence-corrected chi connectivity index (χ1v) is 8.41. The summed E-state index contributed by atoms with van der Waals surface area (Å²) in [6, 6.07) is 0.340. The number of halogens is 1. The van der Waals surface area contributed by atoms with Gasteiger partial charge in [-0.3, -0.25) is 4.79 Å². The first kappa shape index (κ1) is 18.2. The number of nitrogens with zero attached hydrogens (tertiary/aromatic N) is 3. The predicted molar refractivity (Wildman–Crippen MR) is 92.0 cm³/mol. The lowest BCUT2D eigenvalue weighted by Gasteiger charge is -2.17. The van der Waals surface area contributed by atoms with Gasteiger partial charge in [0.05, 0.1) is 18.4 Å². The number of hydrogen-bond donors (Lipinski definition) is 1. The second-order valence-electron chi connectivity index (χ2n) is 5.74. The molecule has 0 aliphatic rings. The zero-order valence-corrected chi connectivity index (χ0v) is 15.1. The molecule has 1 heterocycles. The highest BCUT2D eigenvalue weighted by molar-refractivity contribution is 9.10. The molecule has 0 radical (unpaired) electrons. The van der Waals surface area contributed by atoms with Crippen molar-refractivity contribution in [2.45, 2.75) is 52.1 Å². The van der Waals surface area contributed by atoms with Crippen LogP contribution in [0.5, 0.6) is 0 Å². The second-order valence-corrected chi connectivity index (χ2v) is 6.54. The first-order valence-electron chi connectivity index (χ1n) is 7.62. The molecule has 120 valence electrons. The molecule has 1 N–H and O–H groups in total. The van der Waals surface area contributed by atoms with E-state index >= 15 is 0 Å². The summed E-state index contributed by atoms with van der Waals surface area (Å²) in [7, 11) is 3.96. The van der Waals surface area contributed by atoms with Crippen molar-refractivity contribution >= 4 is 21.6 Å². The average molecular weight is 359 g/mol. The molecule has 0 amide bonds. The summed E-state index contributed by atoms with van der Waals surface area (Å²) in [5, 5.41) is 7.61. The van der Waals surface area contributed by atoms with E-state index in [-0.39, 0.29) is 5.56 Å². The van der Waals surface area contributed by atoms with Crippen LogP contribution < -0.4 is 10.9 Å². The third-order valence-corrected chi connectivity index (χ3v) is 4.15. The molecule has 0 saturated carbocycles. The van der Waals surface area contributed by atoms with Crippen molar-refractivity contribution in [1.29, 1.82) is 0 Å². The topological polar surface area (TPSA) is 50.2 Å². The summed E-state index contributed by atoms with van der Waals surface area (Å²) in [6.45, 7) is 5.72. The summed E-state index contributed by atoms with van der Waals surface area (Å²) >= 11 is 3.40. The van der Waals surface area contributed by atoms with E-state index in [0.717, 1.165) is 18.7 Å². The molecule has 5 nitrogen and oxygen atoms in total. The normalized spacial score (nSPS) is 12.7. The van der Waals surface area contributed by atoms with Crippen LogP contribution in [0.2, 0.25) is 0 Å². The van der Waals surface area contributed by atoms with Crippen molar-refractivity contribution in [3.8, 4) is 0 Å². The third-order valence-electron chi connectivity index (χ3n) is 3.39. The summed E-state index contributed by atoms with van der Waals surface area (Å²) < 4.78 is 2.07. The number of unbranched alkanes of at least 4 members (excludes halogenated alkanes) is 2. The van der Waals surface area contributed by atoms with Crippen LogP contribution >= 0.6 is 15.9 Å². The fraction of sp³-hybridized carbons (Fsp3) is 0.733. The van der Waals surface area contributed by atoms with Gasteiger partial charge >= 0.3 is 0 Å². The van der Waals surface area contributed by atoms with Crippen LogP contribution in [0.1, 0.15) is 39.5 Å². The van der Waals surface area contributed by atoms with Gasteiger partial charge in [-0.1, -0.05) is 26.2 Å². The number of nitrogens with one attached hydrogen (secondary N) is 1. The maximum absolute atomic E-state index is 12.2. The van der Waals surface area contributed by atoms with Gasteiger partial charge in [-0.25, -0.2) is 4.68 Å². The van der Waals surface area contributed by atoms with E-state index in [1.807, 2.05) is 19.0 Å². The van der Waals surface area contributed by atoms with Crippen LogP contribution in [0.25, 0.3) is 0 Å². The molecule has 0 aliphatic carbocycles. The zero-order valence-electron chi connectivity index (χ0n) is 13.5. The Hall–Kier alpha value is -0.880. The smallest absolute Gasteiger partial charge is 0.283 e. The number of aromatic nitrogens is 2. The number of rotatable bonds is 9. The summed E-state index contributed by atoms with van der Waals surface area (Å²) in [6.07, 6.45) is 6.51. The maximum Gasteiger partial charge on any atom is 0.283 e. The van der Waals surface area contributed by atoms with Crippen LogP contribution in [0, 0.1) is 0 Å². The SMILES string of the molecule is CCCCCC(C)Nc1cnn(CCN(C)C)c(=O)c1Br. The number of likely N-dealkylation sites (N-methyl/N-ethyl adjacent to an activating group) is 1. The van der Waals surface area contributed by atoms with Gasteiger partial charge in [0.1, 0.15) is 4.47 Å². The largest absolute Gasteiger partial charge is 0.380 e. The first-order chi connectivity index (χ1) is 9.95. The van der Waals surface area contributed by atoms with Gasteiger partial charge in [-0.15, -0.1) is 0 Å². The van der Waals surface area contributed by atoms with E-state index < -0.39 is 0 Å². The molecule has 0 aromatic carbocycles. The lowest BCUT2D eigenvalue weighted by atomic mass is 10.1. The van der Waals surface area contributed by atoms with Crippen molar-refractivity contribution in [1.82, 2.24) is 14.7 Å². The predicted octanol–water partition coefficient (Wildman–Crippen LogP) is 2.95. The zero-order chi connectivity index (χ0) is 15.8. The minimum atomic E-state index is -0.0809. The second kappa shape index (κ2) is 9.20. The Bertz CT molecular complexity index is 487. The van der Waals surface area contributed by atoms with Gasteiger partial charge in [0.25, 0.3) is 5.56 Å². The Morgan fingerprint density at radius 2 is 2.14 bits per heavy atom. The molecule has 0 aliphatic heterocycles. The molecular weight excluding hydrogens is 332 g/mol. The van der Waals surface area contributed by atoms with Gasteiger partial charge in [-0.05, 0) is 43.4 Å². The number of anilines is 1. The molecule has 6 heteroatoms. The van der Waals surface area contributed by atoms with E-state index in [0.29, 0.717) is 17.1 Å². The third kappa shape index (κ3) is 6.18. The molecule has 0 bridgehead atoms. The monoisotopic (exact) mass is 358 g/mol. The molecule has 0 saturated heterocycles. The minimum Gasteiger partial charge on any atom is -0.380 e. The quantitative estimate of drug-likeness (QED) is 0.689. The fourth-order valence-electron chi connectivity index (χ4n) is 2.06. The van der Waals surface area contributed by atoms with Crippen molar-refractivity contribution in [2.24, 2.45) is 0 Å². The molecular formula is C15H27BrN4O. The summed E-state index contributed by atoms with van der Waals surface area (Å²) in [4.78, 5) is 14.3. The molecule has 0 fully saturated rings. The minimum absolute atomic E-state index is 0.0809. The molecule has 1 aromatic rings. The molecule has 1 unspecified atom stereocenters. The Labute approximate surface area is 135 Å². The standard InChI is InChI=1S/C15H27BrN4O/c1-5-6-7-8-12(2)18-13-11-17-20(10-9-19(3)4)15(21)14(13)16/h11-12,18H,5-10H2,1-4H3. The van der Waals surface area contributed by atoms with Gasteiger partial charge in [0, 0.05) is 12.6 Å². The summed E-state index contributed by atoms with van der Waals surface area (Å²) in [5.41, 5.74) is 0.702. The Morgan fingerprint density at radius 3 is 2.76 bits per heavy atom. The van der Waals surface area contributed by atoms with E-state index in [1.165, 1.54) is 23.9 Å². The van der Waals surface area contributed by atoms with Gasteiger partial charge in [-0.2, -0.15) is 5.10 Å². The number of hydrogen-bond acceptors (Lipinski definition) is 4. The Balaban J connectivity index is 2.68. The highest BCUT2D eigenvalue weighted by atomic mass is 79.9. The molecule has 1 aromatic heterocycles. The fourth-order valence-corrected chi connectivity index (χ4v) is 2.48.